The van der Waals surface area contributed by atoms with Crippen LogP contribution >= 0.6 is 0 Å². The summed E-state index contributed by atoms with van der Waals surface area (Å²) in [6, 6.07) is 22.4. The third-order valence-corrected chi connectivity index (χ3v) is 3.67. The van der Waals surface area contributed by atoms with Crippen molar-refractivity contribution in [3.8, 4) is 5.75 Å². The van der Waals surface area contributed by atoms with Gasteiger partial charge in [-0.1, -0.05) is 60.2 Å². The van der Waals surface area contributed by atoms with E-state index in [0.717, 1.165) is 11.3 Å². The molecule has 106 valence electrons. The van der Waals surface area contributed by atoms with Gasteiger partial charge in [0.1, 0.15) is 12.4 Å². The lowest BCUT2D eigenvalue weighted by atomic mass is 10.00. The van der Waals surface area contributed by atoms with Gasteiger partial charge >= 0.3 is 0 Å². The lowest BCUT2D eigenvalue weighted by molar-refractivity contribution is 0.291. The second kappa shape index (κ2) is 5.98. The number of aryl methyl sites for hydroxylation is 1. The van der Waals surface area contributed by atoms with Gasteiger partial charge in [0.05, 0.1) is 6.04 Å². The largest absolute Gasteiger partial charge is 0.492 e. The standard InChI is InChI=1S/C19H19NO/c1-14-9-11-16(12-10-14)21-13-19(20)18-8-4-6-15-5-2-3-7-17(15)18/h2-12,19H,13,20H2,1H3/t19-/m0/s1. The Morgan fingerprint density at radius 1 is 0.905 bits per heavy atom. The highest BCUT2D eigenvalue weighted by atomic mass is 16.5. The molecule has 2 heteroatoms. The Balaban J connectivity index is 1.78. The maximum atomic E-state index is 6.31. The summed E-state index contributed by atoms with van der Waals surface area (Å²) >= 11 is 0. The van der Waals surface area contributed by atoms with Crippen LogP contribution in [-0.2, 0) is 0 Å². The van der Waals surface area contributed by atoms with Crippen molar-refractivity contribution in [3.05, 3.63) is 77.9 Å². The van der Waals surface area contributed by atoms with Crippen LogP contribution in [0.1, 0.15) is 17.2 Å². The molecule has 0 aliphatic rings. The van der Waals surface area contributed by atoms with Gasteiger partial charge in [-0.05, 0) is 35.4 Å². The maximum absolute atomic E-state index is 6.31. The van der Waals surface area contributed by atoms with Gasteiger partial charge in [-0.3, -0.25) is 0 Å². The summed E-state index contributed by atoms with van der Waals surface area (Å²) in [6.07, 6.45) is 0. The van der Waals surface area contributed by atoms with Gasteiger partial charge in [0.2, 0.25) is 0 Å². The quantitative estimate of drug-likeness (QED) is 0.774. The van der Waals surface area contributed by atoms with E-state index in [4.69, 9.17) is 10.5 Å². The molecule has 3 rings (SSSR count). The molecule has 0 saturated carbocycles. The minimum Gasteiger partial charge on any atom is -0.492 e. The number of hydrogen-bond donors (Lipinski definition) is 1. The van der Waals surface area contributed by atoms with Crippen LogP contribution in [0.15, 0.2) is 66.7 Å². The minimum atomic E-state index is -0.141. The van der Waals surface area contributed by atoms with E-state index in [1.54, 1.807) is 0 Å². The molecule has 2 nitrogen and oxygen atoms in total. The van der Waals surface area contributed by atoms with E-state index >= 15 is 0 Å². The number of hydrogen-bond acceptors (Lipinski definition) is 2. The van der Waals surface area contributed by atoms with Gasteiger partial charge in [-0.15, -0.1) is 0 Å². The lowest BCUT2D eigenvalue weighted by Gasteiger charge is -2.16. The summed E-state index contributed by atoms with van der Waals surface area (Å²) in [7, 11) is 0. The molecule has 2 N–H and O–H groups in total. The van der Waals surface area contributed by atoms with Crippen LogP contribution in [0.25, 0.3) is 10.8 Å². The molecule has 0 fully saturated rings. The lowest BCUT2D eigenvalue weighted by Crippen LogP contribution is -2.19. The zero-order valence-electron chi connectivity index (χ0n) is 12.1. The highest BCUT2D eigenvalue weighted by molar-refractivity contribution is 5.86. The van der Waals surface area contributed by atoms with E-state index in [1.807, 2.05) is 42.5 Å². The Morgan fingerprint density at radius 3 is 2.43 bits per heavy atom. The molecule has 0 amide bonds. The van der Waals surface area contributed by atoms with Crippen molar-refractivity contribution < 1.29 is 4.74 Å². The summed E-state index contributed by atoms with van der Waals surface area (Å²) in [5.41, 5.74) is 8.66. The monoisotopic (exact) mass is 277 g/mol. The van der Waals surface area contributed by atoms with Gasteiger partial charge in [0.15, 0.2) is 0 Å². The number of nitrogens with two attached hydrogens (primary N) is 1. The van der Waals surface area contributed by atoms with E-state index in [0.29, 0.717) is 6.61 Å². The van der Waals surface area contributed by atoms with Crippen LogP contribution in [0.3, 0.4) is 0 Å². The van der Waals surface area contributed by atoms with Crippen molar-refractivity contribution in [1.29, 1.82) is 0 Å². The van der Waals surface area contributed by atoms with Crippen molar-refractivity contribution in [1.82, 2.24) is 0 Å². The first kappa shape index (κ1) is 13.7. The second-order valence-electron chi connectivity index (χ2n) is 5.30. The third-order valence-electron chi connectivity index (χ3n) is 3.67. The Morgan fingerprint density at radius 2 is 1.62 bits per heavy atom. The van der Waals surface area contributed by atoms with Crippen LogP contribution in [-0.4, -0.2) is 6.61 Å². The predicted molar refractivity (Wildman–Crippen MR) is 87.6 cm³/mol. The molecule has 21 heavy (non-hydrogen) atoms. The fourth-order valence-electron chi connectivity index (χ4n) is 2.48. The van der Waals surface area contributed by atoms with E-state index in [-0.39, 0.29) is 6.04 Å². The van der Waals surface area contributed by atoms with E-state index < -0.39 is 0 Å². The van der Waals surface area contributed by atoms with Gasteiger partial charge in [0.25, 0.3) is 0 Å². The molecular formula is C19H19NO. The molecule has 0 radical (unpaired) electrons. The van der Waals surface area contributed by atoms with Gasteiger partial charge < -0.3 is 10.5 Å². The molecule has 0 bridgehead atoms. The topological polar surface area (TPSA) is 35.2 Å². The molecule has 0 spiro atoms. The molecule has 0 aromatic heterocycles. The molecule has 0 heterocycles. The molecule has 0 unspecified atom stereocenters. The van der Waals surface area contributed by atoms with E-state index in [9.17, 15) is 0 Å². The van der Waals surface area contributed by atoms with Crippen LogP contribution < -0.4 is 10.5 Å². The molecule has 0 aliphatic heterocycles. The van der Waals surface area contributed by atoms with Crippen LogP contribution in [0.2, 0.25) is 0 Å². The van der Waals surface area contributed by atoms with Crippen molar-refractivity contribution in [2.45, 2.75) is 13.0 Å². The molecule has 3 aromatic rings. The number of rotatable bonds is 4. The van der Waals surface area contributed by atoms with Crippen molar-refractivity contribution in [3.63, 3.8) is 0 Å². The van der Waals surface area contributed by atoms with E-state index in [1.165, 1.54) is 16.3 Å². The zero-order valence-corrected chi connectivity index (χ0v) is 12.1. The third kappa shape index (κ3) is 3.06. The number of ether oxygens (including phenoxy) is 1. The average Bonchev–Trinajstić information content (AvgIpc) is 2.53. The molecule has 1 atom stereocenters. The molecule has 0 saturated heterocycles. The second-order valence-corrected chi connectivity index (χ2v) is 5.30. The Kier molecular flexibility index (Phi) is 3.89. The van der Waals surface area contributed by atoms with Crippen LogP contribution in [0, 0.1) is 6.92 Å². The first-order chi connectivity index (χ1) is 10.2. The number of fused-ring (bicyclic) bond motifs is 1. The summed E-state index contributed by atoms with van der Waals surface area (Å²) in [5.74, 6) is 0.858. The molecule has 3 aromatic carbocycles. The summed E-state index contributed by atoms with van der Waals surface area (Å²) in [5, 5.41) is 2.40. The summed E-state index contributed by atoms with van der Waals surface area (Å²) in [6.45, 7) is 2.53. The highest BCUT2D eigenvalue weighted by Gasteiger charge is 2.10. The summed E-state index contributed by atoms with van der Waals surface area (Å²) in [4.78, 5) is 0. The molecule has 0 aliphatic carbocycles. The van der Waals surface area contributed by atoms with Gasteiger partial charge in [-0.2, -0.15) is 0 Å². The summed E-state index contributed by atoms with van der Waals surface area (Å²) < 4.78 is 5.80. The fraction of sp³-hybridized carbons (Fsp3) is 0.158. The zero-order chi connectivity index (χ0) is 14.7. The van der Waals surface area contributed by atoms with Crippen molar-refractivity contribution in [2.75, 3.05) is 6.61 Å². The van der Waals surface area contributed by atoms with Crippen molar-refractivity contribution in [2.24, 2.45) is 5.73 Å². The normalized spacial score (nSPS) is 12.3. The van der Waals surface area contributed by atoms with E-state index in [2.05, 4.69) is 31.2 Å². The van der Waals surface area contributed by atoms with Gasteiger partial charge in [-0.25, -0.2) is 0 Å². The number of benzene rings is 3. The first-order valence-corrected chi connectivity index (χ1v) is 7.17. The maximum Gasteiger partial charge on any atom is 0.119 e. The van der Waals surface area contributed by atoms with Gasteiger partial charge in [0, 0.05) is 0 Å². The molecular weight excluding hydrogens is 258 g/mol. The van der Waals surface area contributed by atoms with Crippen LogP contribution in [0.5, 0.6) is 5.75 Å². The average molecular weight is 277 g/mol. The predicted octanol–water partition coefficient (Wildman–Crippen LogP) is 4.23. The Labute approximate surface area is 125 Å². The Bertz CT molecular complexity index is 729. The first-order valence-electron chi connectivity index (χ1n) is 7.17. The minimum absolute atomic E-state index is 0.141. The fourth-order valence-corrected chi connectivity index (χ4v) is 2.48. The highest BCUT2D eigenvalue weighted by Crippen LogP contribution is 2.23. The smallest absolute Gasteiger partial charge is 0.119 e. The van der Waals surface area contributed by atoms with Crippen molar-refractivity contribution >= 4 is 10.8 Å². The Hall–Kier alpha value is -2.32. The van der Waals surface area contributed by atoms with Crippen LogP contribution in [0.4, 0.5) is 0 Å². The SMILES string of the molecule is Cc1ccc(OC[C@H](N)c2cccc3ccccc23)cc1.